The monoisotopic (exact) mass is 360 g/mol. The number of thiocarbonyl (C=S) groups is 1. The highest BCUT2D eigenvalue weighted by Crippen LogP contribution is 2.11. The van der Waals surface area contributed by atoms with Gasteiger partial charge in [0.1, 0.15) is 0 Å². The Kier molecular flexibility index (Phi) is 5.12. The molecule has 2 N–H and O–H groups in total. The van der Waals surface area contributed by atoms with E-state index in [9.17, 15) is 0 Å². The summed E-state index contributed by atoms with van der Waals surface area (Å²) in [6.07, 6.45) is 5.65. The third-order valence-corrected chi connectivity index (χ3v) is 3.85. The maximum Gasteiger partial charge on any atom is 0.172 e. The molecule has 124 valence electrons. The van der Waals surface area contributed by atoms with Gasteiger partial charge in [-0.15, -0.1) is 0 Å². The van der Waals surface area contributed by atoms with Crippen molar-refractivity contribution in [3.8, 4) is 0 Å². The van der Waals surface area contributed by atoms with Crippen LogP contribution < -0.4 is 10.6 Å². The minimum Gasteiger partial charge on any atom is -0.358 e. The summed E-state index contributed by atoms with van der Waals surface area (Å²) in [7, 11) is 1.88. The SMILES string of the molecule is Cn1cc(CNC(=S)Nc2ccn(Cc3ccc(Cl)cc3)n2)cn1. The summed E-state index contributed by atoms with van der Waals surface area (Å²) in [6.45, 7) is 1.29. The second-order valence-corrected chi connectivity index (χ2v) is 6.20. The number of benzene rings is 1. The van der Waals surface area contributed by atoms with Crippen LogP contribution in [0.5, 0.6) is 0 Å². The van der Waals surface area contributed by atoms with Gasteiger partial charge in [0.25, 0.3) is 0 Å². The molecule has 0 unspecified atom stereocenters. The molecule has 0 radical (unpaired) electrons. The van der Waals surface area contributed by atoms with E-state index in [1.165, 1.54) is 0 Å². The van der Waals surface area contributed by atoms with Crippen molar-refractivity contribution in [3.63, 3.8) is 0 Å². The predicted molar refractivity (Wildman–Crippen MR) is 99.0 cm³/mol. The number of rotatable bonds is 5. The number of aryl methyl sites for hydroxylation is 1. The van der Waals surface area contributed by atoms with E-state index in [-0.39, 0.29) is 0 Å². The van der Waals surface area contributed by atoms with Crippen molar-refractivity contribution in [1.29, 1.82) is 0 Å². The maximum atomic E-state index is 5.89. The van der Waals surface area contributed by atoms with Crippen molar-refractivity contribution in [2.24, 2.45) is 7.05 Å². The van der Waals surface area contributed by atoms with Crippen molar-refractivity contribution in [2.45, 2.75) is 13.1 Å². The van der Waals surface area contributed by atoms with E-state index in [1.807, 2.05) is 54.5 Å². The van der Waals surface area contributed by atoms with Crippen LogP contribution in [0.1, 0.15) is 11.1 Å². The third kappa shape index (κ3) is 4.56. The van der Waals surface area contributed by atoms with E-state index in [2.05, 4.69) is 20.8 Å². The minimum atomic E-state index is 0.524. The second-order valence-electron chi connectivity index (χ2n) is 5.35. The molecule has 24 heavy (non-hydrogen) atoms. The van der Waals surface area contributed by atoms with Gasteiger partial charge in [0.2, 0.25) is 0 Å². The highest BCUT2D eigenvalue weighted by molar-refractivity contribution is 7.80. The second kappa shape index (κ2) is 7.46. The smallest absolute Gasteiger partial charge is 0.172 e. The van der Waals surface area contributed by atoms with E-state index in [0.29, 0.717) is 24.0 Å². The fraction of sp³-hybridized carbons (Fsp3) is 0.188. The highest BCUT2D eigenvalue weighted by atomic mass is 35.5. The minimum absolute atomic E-state index is 0.524. The Bertz CT molecular complexity index is 823. The van der Waals surface area contributed by atoms with Crippen molar-refractivity contribution < 1.29 is 0 Å². The molecule has 0 atom stereocenters. The predicted octanol–water partition coefficient (Wildman–Crippen LogP) is 2.80. The first-order valence-electron chi connectivity index (χ1n) is 7.39. The molecule has 0 amide bonds. The van der Waals surface area contributed by atoms with Gasteiger partial charge in [0.15, 0.2) is 10.9 Å². The number of anilines is 1. The van der Waals surface area contributed by atoms with Crippen LogP contribution in [-0.2, 0) is 20.1 Å². The summed E-state index contributed by atoms with van der Waals surface area (Å²) in [6, 6.07) is 9.59. The van der Waals surface area contributed by atoms with Gasteiger partial charge in [0, 0.05) is 42.6 Å². The van der Waals surface area contributed by atoms with Crippen LogP contribution in [0.3, 0.4) is 0 Å². The van der Waals surface area contributed by atoms with Crippen LogP contribution in [-0.4, -0.2) is 24.7 Å². The van der Waals surface area contributed by atoms with Crippen LogP contribution in [0, 0.1) is 0 Å². The average Bonchev–Trinajstić information content (AvgIpc) is 3.17. The molecule has 2 aromatic heterocycles. The normalized spacial score (nSPS) is 10.6. The molecule has 8 heteroatoms. The van der Waals surface area contributed by atoms with Gasteiger partial charge in [-0.05, 0) is 29.9 Å². The number of hydrogen-bond donors (Lipinski definition) is 2. The number of nitrogens with one attached hydrogen (secondary N) is 2. The van der Waals surface area contributed by atoms with E-state index < -0.39 is 0 Å². The molecule has 6 nitrogen and oxygen atoms in total. The Morgan fingerprint density at radius 2 is 2.00 bits per heavy atom. The molecule has 0 aliphatic heterocycles. The van der Waals surface area contributed by atoms with E-state index in [4.69, 9.17) is 23.8 Å². The molecular weight excluding hydrogens is 344 g/mol. The fourth-order valence-electron chi connectivity index (χ4n) is 2.20. The lowest BCUT2D eigenvalue weighted by atomic mass is 10.2. The highest BCUT2D eigenvalue weighted by Gasteiger charge is 2.03. The van der Waals surface area contributed by atoms with Crippen LogP contribution in [0.4, 0.5) is 5.82 Å². The van der Waals surface area contributed by atoms with E-state index in [1.54, 1.807) is 10.9 Å². The lowest BCUT2D eigenvalue weighted by molar-refractivity contribution is 0.690. The van der Waals surface area contributed by atoms with Gasteiger partial charge in [0.05, 0.1) is 12.7 Å². The Morgan fingerprint density at radius 1 is 1.21 bits per heavy atom. The van der Waals surface area contributed by atoms with Crippen molar-refractivity contribution in [1.82, 2.24) is 24.9 Å². The molecule has 2 heterocycles. The molecule has 0 saturated heterocycles. The van der Waals surface area contributed by atoms with Crippen LogP contribution in [0.2, 0.25) is 5.02 Å². The maximum absolute atomic E-state index is 5.89. The first-order valence-corrected chi connectivity index (χ1v) is 8.17. The number of hydrogen-bond acceptors (Lipinski definition) is 3. The quantitative estimate of drug-likeness (QED) is 0.685. The van der Waals surface area contributed by atoms with Crippen molar-refractivity contribution in [3.05, 3.63) is 65.1 Å². The van der Waals surface area contributed by atoms with Gasteiger partial charge in [-0.2, -0.15) is 10.2 Å². The van der Waals surface area contributed by atoms with Gasteiger partial charge in [-0.1, -0.05) is 23.7 Å². The van der Waals surface area contributed by atoms with Crippen LogP contribution in [0.25, 0.3) is 0 Å². The summed E-state index contributed by atoms with van der Waals surface area (Å²) >= 11 is 11.2. The van der Waals surface area contributed by atoms with Gasteiger partial charge >= 0.3 is 0 Å². The first-order chi connectivity index (χ1) is 11.6. The summed E-state index contributed by atoms with van der Waals surface area (Å²) < 4.78 is 3.60. The van der Waals surface area contributed by atoms with Gasteiger partial charge in [-0.3, -0.25) is 9.36 Å². The zero-order valence-electron chi connectivity index (χ0n) is 13.1. The average molecular weight is 361 g/mol. The number of aromatic nitrogens is 4. The molecule has 3 rings (SSSR count). The number of nitrogens with zero attached hydrogens (tertiary/aromatic N) is 4. The molecular formula is C16H17ClN6S. The molecule has 1 aromatic carbocycles. The lowest BCUT2D eigenvalue weighted by Crippen LogP contribution is -2.28. The summed E-state index contributed by atoms with van der Waals surface area (Å²) in [5.74, 6) is 0.702. The lowest BCUT2D eigenvalue weighted by Gasteiger charge is -2.07. The van der Waals surface area contributed by atoms with Crippen molar-refractivity contribution >= 4 is 34.7 Å². The third-order valence-electron chi connectivity index (χ3n) is 3.35. The zero-order chi connectivity index (χ0) is 16.9. The Balaban J connectivity index is 1.51. The first kappa shape index (κ1) is 16.5. The zero-order valence-corrected chi connectivity index (χ0v) is 14.7. The molecule has 0 bridgehead atoms. The molecule has 3 aromatic rings. The van der Waals surface area contributed by atoms with E-state index in [0.717, 1.165) is 16.1 Å². The topological polar surface area (TPSA) is 59.7 Å². The molecule has 0 saturated carbocycles. The molecule has 0 spiro atoms. The standard InChI is InChI=1S/C16H17ClN6S/c1-22-10-13(9-19-22)8-18-16(24)20-15-6-7-23(21-15)11-12-2-4-14(17)5-3-12/h2-7,9-10H,8,11H2,1H3,(H2,18,20,21,24). The van der Waals surface area contributed by atoms with Gasteiger partial charge in [-0.25, -0.2) is 0 Å². The van der Waals surface area contributed by atoms with Crippen molar-refractivity contribution in [2.75, 3.05) is 5.32 Å². The molecule has 0 aliphatic rings. The summed E-state index contributed by atoms with van der Waals surface area (Å²) in [5.41, 5.74) is 2.20. The Hall–Kier alpha value is -2.38. The van der Waals surface area contributed by atoms with Crippen LogP contribution >= 0.6 is 23.8 Å². The summed E-state index contributed by atoms with van der Waals surface area (Å²) in [4.78, 5) is 0. The number of halogens is 1. The largest absolute Gasteiger partial charge is 0.358 e. The Labute approximate surface area is 150 Å². The molecule has 0 fully saturated rings. The Morgan fingerprint density at radius 3 is 2.71 bits per heavy atom. The molecule has 0 aliphatic carbocycles. The van der Waals surface area contributed by atoms with Crippen LogP contribution in [0.15, 0.2) is 48.9 Å². The van der Waals surface area contributed by atoms with E-state index >= 15 is 0 Å². The summed E-state index contributed by atoms with van der Waals surface area (Å²) in [5, 5.41) is 16.0. The van der Waals surface area contributed by atoms with Gasteiger partial charge < -0.3 is 10.6 Å². The fourth-order valence-corrected chi connectivity index (χ4v) is 2.50.